The number of halogens is 2. The Morgan fingerprint density at radius 2 is 2.24 bits per heavy atom. The van der Waals surface area contributed by atoms with Gasteiger partial charge in [-0.05, 0) is 18.1 Å². The zero-order chi connectivity index (χ0) is 13.0. The van der Waals surface area contributed by atoms with Gasteiger partial charge in [0.1, 0.15) is 5.82 Å². The van der Waals surface area contributed by atoms with Crippen molar-refractivity contribution in [3.8, 4) is 0 Å². The van der Waals surface area contributed by atoms with Gasteiger partial charge in [-0.25, -0.2) is 4.39 Å². The first kappa shape index (κ1) is 13.6. The van der Waals surface area contributed by atoms with Crippen molar-refractivity contribution in [1.29, 1.82) is 0 Å². The van der Waals surface area contributed by atoms with E-state index in [1.807, 2.05) is 13.8 Å². The van der Waals surface area contributed by atoms with Crippen molar-refractivity contribution >= 4 is 17.7 Å². The number of hydrogen-bond acceptors (Lipinski definition) is 2. The molecule has 0 N–H and O–H groups in total. The molecular formula is C12H13ClFNO2. The SMILES string of the molecule is CC(C)C/C(=C/c1ccc(Cl)cc1F)[N+](=O)[O-]. The summed E-state index contributed by atoms with van der Waals surface area (Å²) in [7, 11) is 0. The summed E-state index contributed by atoms with van der Waals surface area (Å²) in [6.45, 7) is 3.74. The van der Waals surface area contributed by atoms with Gasteiger partial charge in [0.25, 0.3) is 0 Å². The van der Waals surface area contributed by atoms with E-state index in [2.05, 4.69) is 0 Å². The summed E-state index contributed by atoms with van der Waals surface area (Å²) >= 11 is 5.61. The zero-order valence-electron chi connectivity index (χ0n) is 9.61. The van der Waals surface area contributed by atoms with Gasteiger partial charge in [-0.15, -0.1) is 0 Å². The van der Waals surface area contributed by atoms with E-state index in [-0.39, 0.29) is 22.2 Å². The smallest absolute Gasteiger partial charge is 0.247 e. The first-order valence-electron chi connectivity index (χ1n) is 5.20. The molecule has 0 fully saturated rings. The lowest BCUT2D eigenvalue weighted by Gasteiger charge is -2.03. The molecule has 0 spiro atoms. The third-order valence-electron chi connectivity index (χ3n) is 2.14. The van der Waals surface area contributed by atoms with Crippen molar-refractivity contribution in [2.45, 2.75) is 20.3 Å². The molecule has 0 saturated heterocycles. The van der Waals surface area contributed by atoms with E-state index in [0.29, 0.717) is 6.42 Å². The van der Waals surface area contributed by atoms with Crippen LogP contribution >= 0.6 is 11.6 Å². The normalized spacial score (nSPS) is 11.9. The summed E-state index contributed by atoms with van der Waals surface area (Å²) in [5.41, 5.74) is 0.183. The lowest BCUT2D eigenvalue weighted by atomic mass is 10.1. The Morgan fingerprint density at radius 3 is 2.71 bits per heavy atom. The second-order valence-corrected chi connectivity index (χ2v) is 4.59. The number of benzene rings is 1. The van der Waals surface area contributed by atoms with E-state index < -0.39 is 10.7 Å². The predicted octanol–water partition coefficient (Wildman–Crippen LogP) is 4.14. The maximum atomic E-state index is 13.5. The summed E-state index contributed by atoms with van der Waals surface area (Å²) < 4.78 is 13.5. The zero-order valence-corrected chi connectivity index (χ0v) is 10.4. The molecule has 1 aromatic rings. The number of rotatable bonds is 4. The fourth-order valence-corrected chi connectivity index (χ4v) is 1.56. The summed E-state index contributed by atoms with van der Waals surface area (Å²) in [5, 5.41) is 11.1. The molecule has 0 aliphatic rings. The van der Waals surface area contributed by atoms with Gasteiger partial charge in [-0.2, -0.15) is 0 Å². The van der Waals surface area contributed by atoms with E-state index in [1.54, 1.807) is 0 Å². The Kier molecular flexibility index (Phi) is 4.63. The minimum Gasteiger partial charge on any atom is -0.259 e. The third kappa shape index (κ3) is 4.15. The van der Waals surface area contributed by atoms with Gasteiger partial charge < -0.3 is 0 Å². The molecule has 0 saturated carbocycles. The van der Waals surface area contributed by atoms with Gasteiger partial charge in [0, 0.05) is 23.1 Å². The van der Waals surface area contributed by atoms with E-state index in [0.717, 1.165) is 6.07 Å². The van der Waals surface area contributed by atoms with Crippen LogP contribution in [0.5, 0.6) is 0 Å². The fourth-order valence-electron chi connectivity index (χ4n) is 1.40. The van der Waals surface area contributed by atoms with Crippen LogP contribution in [0, 0.1) is 21.8 Å². The van der Waals surface area contributed by atoms with Crippen molar-refractivity contribution < 1.29 is 9.31 Å². The van der Waals surface area contributed by atoms with Crippen molar-refractivity contribution in [2.75, 3.05) is 0 Å². The molecule has 92 valence electrons. The number of nitrogens with zero attached hydrogens (tertiary/aromatic N) is 1. The molecule has 17 heavy (non-hydrogen) atoms. The van der Waals surface area contributed by atoms with Crippen LogP contribution in [0.4, 0.5) is 4.39 Å². The third-order valence-corrected chi connectivity index (χ3v) is 2.37. The van der Waals surface area contributed by atoms with Crippen LogP contribution in [-0.2, 0) is 0 Å². The Balaban J connectivity index is 3.08. The van der Waals surface area contributed by atoms with Crippen molar-refractivity contribution in [1.82, 2.24) is 0 Å². The van der Waals surface area contributed by atoms with E-state index in [1.165, 1.54) is 18.2 Å². The van der Waals surface area contributed by atoms with Crippen molar-refractivity contribution in [3.63, 3.8) is 0 Å². The molecular weight excluding hydrogens is 245 g/mol. The summed E-state index contributed by atoms with van der Waals surface area (Å²) in [5.74, 6) is -0.414. The van der Waals surface area contributed by atoms with Gasteiger partial charge in [0.05, 0.1) is 4.92 Å². The topological polar surface area (TPSA) is 43.1 Å². The Bertz CT molecular complexity index is 458. The van der Waals surface area contributed by atoms with Crippen LogP contribution in [0.25, 0.3) is 6.08 Å². The number of hydrogen-bond donors (Lipinski definition) is 0. The average Bonchev–Trinajstić information content (AvgIpc) is 2.19. The van der Waals surface area contributed by atoms with E-state index in [4.69, 9.17) is 11.6 Å². The Morgan fingerprint density at radius 1 is 1.59 bits per heavy atom. The highest BCUT2D eigenvalue weighted by Gasteiger charge is 2.14. The van der Waals surface area contributed by atoms with Crippen LogP contribution in [0.15, 0.2) is 23.9 Å². The highest BCUT2D eigenvalue weighted by Crippen LogP contribution is 2.20. The molecule has 0 radical (unpaired) electrons. The van der Waals surface area contributed by atoms with Crippen molar-refractivity contribution in [3.05, 3.63) is 50.4 Å². The first-order chi connectivity index (χ1) is 7.90. The molecule has 0 atom stereocenters. The summed E-state index contributed by atoms with van der Waals surface area (Å²) in [6, 6.07) is 4.07. The lowest BCUT2D eigenvalue weighted by molar-refractivity contribution is -0.427. The molecule has 1 aromatic carbocycles. The Hall–Kier alpha value is -1.42. The summed E-state index contributed by atoms with van der Waals surface area (Å²) in [6.07, 6.45) is 1.56. The van der Waals surface area contributed by atoms with Crippen LogP contribution < -0.4 is 0 Å². The molecule has 0 bridgehead atoms. The second-order valence-electron chi connectivity index (χ2n) is 4.16. The van der Waals surface area contributed by atoms with E-state index >= 15 is 0 Å². The predicted molar refractivity (Wildman–Crippen MR) is 65.8 cm³/mol. The standard InChI is InChI=1S/C12H13ClFNO2/c1-8(2)5-11(15(16)17)6-9-3-4-10(13)7-12(9)14/h3-4,6-8H,5H2,1-2H3/b11-6-. The van der Waals surface area contributed by atoms with Gasteiger partial charge in [0.15, 0.2) is 0 Å². The van der Waals surface area contributed by atoms with Crippen LogP contribution in [-0.4, -0.2) is 4.92 Å². The molecule has 0 aliphatic carbocycles. The second kappa shape index (κ2) is 5.77. The summed E-state index contributed by atoms with van der Waals surface area (Å²) in [4.78, 5) is 10.3. The fraction of sp³-hybridized carbons (Fsp3) is 0.333. The van der Waals surface area contributed by atoms with Crippen LogP contribution in [0.3, 0.4) is 0 Å². The first-order valence-corrected chi connectivity index (χ1v) is 5.58. The largest absolute Gasteiger partial charge is 0.259 e. The highest BCUT2D eigenvalue weighted by atomic mass is 35.5. The molecule has 0 aliphatic heterocycles. The van der Waals surface area contributed by atoms with Crippen LogP contribution in [0.2, 0.25) is 5.02 Å². The molecule has 5 heteroatoms. The molecule has 0 aromatic heterocycles. The maximum absolute atomic E-state index is 13.5. The minimum absolute atomic E-state index is 0.00113. The number of allylic oxidation sites excluding steroid dienone is 1. The molecule has 1 rings (SSSR count). The Labute approximate surface area is 104 Å². The number of nitro groups is 1. The minimum atomic E-state index is -0.555. The van der Waals surface area contributed by atoms with Gasteiger partial charge >= 0.3 is 0 Å². The maximum Gasteiger partial charge on any atom is 0.247 e. The van der Waals surface area contributed by atoms with Gasteiger partial charge in [0.2, 0.25) is 5.70 Å². The molecule has 0 unspecified atom stereocenters. The van der Waals surface area contributed by atoms with Gasteiger partial charge in [-0.3, -0.25) is 10.1 Å². The molecule has 3 nitrogen and oxygen atoms in total. The highest BCUT2D eigenvalue weighted by molar-refractivity contribution is 6.30. The van der Waals surface area contributed by atoms with Gasteiger partial charge in [-0.1, -0.05) is 31.5 Å². The lowest BCUT2D eigenvalue weighted by Crippen LogP contribution is -2.02. The average molecular weight is 258 g/mol. The quantitative estimate of drug-likeness (QED) is 0.601. The van der Waals surface area contributed by atoms with E-state index in [9.17, 15) is 14.5 Å². The van der Waals surface area contributed by atoms with Crippen LogP contribution in [0.1, 0.15) is 25.8 Å². The monoisotopic (exact) mass is 257 g/mol. The molecule has 0 amide bonds. The van der Waals surface area contributed by atoms with Crippen molar-refractivity contribution in [2.24, 2.45) is 5.92 Å². The molecule has 0 heterocycles.